The van der Waals surface area contributed by atoms with E-state index < -0.39 is 0 Å². The molecule has 0 radical (unpaired) electrons. The summed E-state index contributed by atoms with van der Waals surface area (Å²) in [6.45, 7) is 1.60. The third kappa shape index (κ3) is 4.84. The molecule has 1 fully saturated rings. The lowest BCUT2D eigenvalue weighted by Gasteiger charge is -2.28. The van der Waals surface area contributed by atoms with E-state index in [1.807, 2.05) is 36.4 Å². The number of aryl methyl sites for hydroxylation is 2. The van der Waals surface area contributed by atoms with Crippen molar-refractivity contribution in [2.24, 2.45) is 17.6 Å². The van der Waals surface area contributed by atoms with Crippen molar-refractivity contribution < 1.29 is 4.39 Å². The maximum absolute atomic E-state index is 14.1. The van der Waals surface area contributed by atoms with Crippen molar-refractivity contribution in [2.45, 2.75) is 45.1 Å². The van der Waals surface area contributed by atoms with Gasteiger partial charge >= 0.3 is 0 Å². The van der Waals surface area contributed by atoms with E-state index >= 15 is 0 Å². The van der Waals surface area contributed by atoms with E-state index in [9.17, 15) is 4.39 Å². The predicted molar refractivity (Wildman–Crippen MR) is 134 cm³/mol. The largest absolute Gasteiger partial charge is 0.330 e. The predicted octanol–water partition coefficient (Wildman–Crippen LogP) is 5.84. The Kier molecular flexibility index (Phi) is 6.88. The number of fused-ring (bicyclic) bond motifs is 1. The van der Waals surface area contributed by atoms with Gasteiger partial charge in [-0.1, -0.05) is 41.9 Å². The van der Waals surface area contributed by atoms with Crippen molar-refractivity contribution in [3.8, 4) is 11.4 Å². The van der Waals surface area contributed by atoms with E-state index in [1.54, 1.807) is 12.3 Å². The van der Waals surface area contributed by atoms with Gasteiger partial charge in [-0.2, -0.15) is 0 Å². The molecule has 0 amide bonds. The molecule has 2 N–H and O–H groups in total. The molecule has 1 saturated carbocycles. The molecule has 0 bridgehead atoms. The van der Waals surface area contributed by atoms with E-state index in [1.165, 1.54) is 6.07 Å². The number of halogens is 2. The highest BCUT2D eigenvalue weighted by molar-refractivity contribution is 6.33. The van der Waals surface area contributed by atoms with Gasteiger partial charge in [0.25, 0.3) is 0 Å². The third-order valence-electron chi connectivity index (χ3n) is 6.97. The average Bonchev–Trinajstić information content (AvgIpc) is 3.21. The Bertz CT molecular complexity index is 1280. The first-order chi connectivity index (χ1) is 16.6. The van der Waals surface area contributed by atoms with Gasteiger partial charge in [0.1, 0.15) is 23.0 Å². The molecule has 176 valence electrons. The van der Waals surface area contributed by atoms with Gasteiger partial charge in [0, 0.05) is 18.5 Å². The summed E-state index contributed by atoms with van der Waals surface area (Å²) in [5.41, 5.74) is 9.03. The molecule has 2 aromatic carbocycles. The number of hydrogen-bond donors (Lipinski definition) is 1. The highest BCUT2D eigenvalue weighted by Crippen LogP contribution is 2.34. The zero-order chi connectivity index (χ0) is 23.5. The number of nitrogens with zero attached hydrogens (tertiary/aromatic N) is 4. The molecular weight excluding hydrogens is 449 g/mol. The molecule has 5 nitrogen and oxygen atoms in total. The normalized spacial score (nSPS) is 18.4. The Morgan fingerprint density at radius 1 is 0.941 bits per heavy atom. The number of benzene rings is 2. The minimum Gasteiger partial charge on any atom is -0.330 e. The van der Waals surface area contributed by atoms with Crippen LogP contribution in [0.2, 0.25) is 5.02 Å². The number of aromatic nitrogens is 4. The highest BCUT2D eigenvalue weighted by atomic mass is 35.5. The zero-order valence-corrected chi connectivity index (χ0v) is 19.9. The van der Waals surface area contributed by atoms with Crippen molar-refractivity contribution in [1.29, 1.82) is 0 Å². The van der Waals surface area contributed by atoms with Gasteiger partial charge in [-0.05, 0) is 74.2 Å². The van der Waals surface area contributed by atoms with Crippen molar-refractivity contribution >= 4 is 22.8 Å². The molecule has 5 rings (SSSR count). The van der Waals surface area contributed by atoms with E-state index in [0.29, 0.717) is 41.1 Å². The quantitative estimate of drug-likeness (QED) is 0.363. The first kappa shape index (κ1) is 22.9. The zero-order valence-electron chi connectivity index (χ0n) is 19.1. The summed E-state index contributed by atoms with van der Waals surface area (Å²) in [6, 6.07) is 14.6. The Hall–Kier alpha value is -2.83. The summed E-state index contributed by atoms with van der Waals surface area (Å²) < 4.78 is 16.3. The first-order valence-electron chi connectivity index (χ1n) is 12.0. The number of rotatable bonds is 7. The molecule has 2 aromatic heterocycles. The van der Waals surface area contributed by atoms with Crippen LogP contribution >= 0.6 is 11.6 Å². The maximum atomic E-state index is 14.1. The van der Waals surface area contributed by atoms with Crippen LogP contribution in [-0.2, 0) is 19.4 Å². The van der Waals surface area contributed by atoms with Crippen LogP contribution < -0.4 is 5.73 Å². The Labute approximate surface area is 204 Å². The molecular formula is C27H29ClFN5. The molecule has 4 aromatic rings. The van der Waals surface area contributed by atoms with Gasteiger partial charge in [0.05, 0.1) is 11.2 Å². The van der Waals surface area contributed by atoms with Crippen LogP contribution in [0.15, 0.2) is 54.7 Å². The van der Waals surface area contributed by atoms with Gasteiger partial charge in [0.15, 0.2) is 5.65 Å². The fourth-order valence-corrected chi connectivity index (χ4v) is 5.17. The van der Waals surface area contributed by atoms with Crippen molar-refractivity contribution in [2.75, 3.05) is 6.54 Å². The van der Waals surface area contributed by atoms with Crippen LogP contribution in [0.5, 0.6) is 0 Å². The summed E-state index contributed by atoms with van der Waals surface area (Å²) in [5, 5.41) is 0.665. The summed E-state index contributed by atoms with van der Waals surface area (Å²) in [4.78, 5) is 14.3. The molecule has 0 spiro atoms. The Balaban J connectivity index is 1.49. The molecule has 0 unspecified atom stereocenters. The molecule has 1 aliphatic rings. The van der Waals surface area contributed by atoms with Gasteiger partial charge in [-0.3, -0.25) is 0 Å². The van der Waals surface area contributed by atoms with E-state index in [2.05, 4.69) is 9.55 Å². The lowest BCUT2D eigenvalue weighted by atomic mass is 9.82. The number of nitrogens with two attached hydrogens (primary N) is 1. The van der Waals surface area contributed by atoms with Crippen molar-refractivity contribution in [3.63, 3.8) is 0 Å². The SMILES string of the molecule is NCC1CCC(Cn2c(-c3ccccc3Cl)nc3cnc(CCc4ccccc4F)nc32)CC1. The second-order valence-corrected chi connectivity index (χ2v) is 9.64. The molecule has 0 aliphatic heterocycles. The lowest BCUT2D eigenvalue weighted by Crippen LogP contribution is -2.24. The molecule has 1 aliphatic carbocycles. The Morgan fingerprint density at radius 3 is 2.44 bits per heavy atom. The average molecular weight is 478 g/mol. The molecule has 2 heterocycles. The molecule has 7 heteroatoms. The lowest BCUT2D eigenvalue weighted by molar-refractivity contribution is 0.258. The van der Waals surface area contributed by atoms with Crippen LogP contribution in [0.4, 0.5) is 4.39 Å². The fourth-order valence-electron chi connectivity index (χ4n) is 4.95. The molecule has 34 heavy (non-hydrogen) atoms. The first-order valence-corrected chi connectivity index (χ1v) is 12.4. The van der Waals surface area contributed by atoms with Gasteiger partial charge in [-0.15, -0.1) is 0 Å². The van der Waals surface area contributed by atoms with E-state index in [-0.39, 0.29) is 5.82 Å². The van der Waals surface area contributed by atoms with E-state index in [0.717, 1.165) is 61.3 Å². The van der Waals surface area contributed by atoms with Crippen molar-refractivity contribution in [1.82, 2.24) is 19.5 Å². The van der Waals surface area contributed by atoms with Crippen LogP contribution in [0.3, 0.4) is 0 Å². The summed E-state index contributed by atoms with van der Waals surface area (Å²) >= 11 is 6.56. The third-order valence-corrected chi connectivity index (χ3v) is 7.30. The smallest absolute Gasteiger partial charge is 0.164 e. The second-order valence-electron chi connectivity index (χ2n) is 9.23. The maximum Gasteiger partial charge on any atom is 0.164 e. The van der Waals surface area contributed by atoms with Gasteiger partial charge < -0.3 is 10.3 Å². The minimum atomic E-state index is -0.192. The summed E-state index contributed by atoms with van der Waals surface area (Å²) in [5.74, 6) is 2.49. The fraction of sp³-hybridized carbons (Fsp3) is 0.370. The van der Waals surface area contributed by atoms with Crippen LogP contribution in [0.1, 0.15) is 37.1 Å². The van der Waals surface area contributed by atoms with Gasteiger partial charge in [-0.25, -0.2) is 19.3 Å². The summed E-state index contributed by atoms with van der Waals surface area (Å²) in [7, 11) is 0. The minimum absolute atomic E-state index is 0.192. The topological polar surface area (TPSA) is 69.6 Å². The molecule has 0 atom stereocenters. The number of hydrogen-bond acceptors (Lipinski definition) is 4. The monoisotopic (exact) mass is 477 g/mol. The standard InChI is InChI=1S/C27H29ClFN5/c28-22-7-3-2-6-21(22)26-32-24-16-31-25(14-13-20-5-1-4-8-23(20)29)33-27(24)34(26)17-19-11-9-18(15-30)10-12-19/h1-8,16,18-19H,9-15,17,30H2. The highest BCUT2D eigenvalue weighted by Gasteiger charge is 2.24. The van der Waals surface area contributed by atoms with Crippen LogP contribution in [0, 0.1) is 17.7 Å². The van der Waals surface area contributed by atoms with Crippen LogP contribution in [-0.4, -0.2) is 26.1 Å². The molecule has 0 saturated heterocycles. The van der Waals surface area contributed by atoms with Gasteiger partial charge in [0.2, 0.25) is 0 Å². The van der Waals surface area contributed by atoms with E-state index in [4.69, 9.17) is 27.3 Å². The number of imidazole rings is 1. The van der Waals surface area contributed by atoms with Crippen molar-refractivity contribution in [3.05, 3.63) is 77.0 Å². The summed E-state index contributed by atoms with van der Waals surface area (Å²) in [6.07, 6.45) is 7.51. The second kappa shape index (κ2) is 10.2. The Morgan fingerprint density at radius 2 is 1.68 bits per heavy atom. The van der Waals surface area contributed by atoms with Crippen LogP contribution in [0.25, 0.3) is 22.6 Å².